The van der Waals surface area contributed by atoms with E-state index in [0.717, 1.165) is 55.5 Å². The second kappa shape index (κ2) is 12.0. The Morgan fingerprint density at radius 2 is 0.937 bits per heavy atom. The maximum atomic E-state index is 6.84. The lowest BCUT2D eigenvalue weighted by molar-refractivity contribution is 0.487. The van der Waals surface area contributed by atoms with E-state index in [1.165, 1.54) is 88.1 Å². The van der Waals surface area contributed by atoms with Crippen LogP contribution in [0.25, 0.3) is 110 Å². The summed E-state index contributed by atoms with van der Waals surface area (Å²) >= 11 is 0. The van der Waals surface area contributed by atoms with Gasteiger partial charge in [0.15, 0.2) is 0 Å². The molecule has 0 radical (unpaired) electrons. The van der Waals surface area contributed by atoms with Crippen LogP contribution in [0.2, 0.25) is 0 Å². The van der Waals surface area contributed by atoms with Crippen molar-refractivity contribution in [3.8, 4) is 67.1 Å². The number of hydrogen-bond donors (Lipinski definition) is 0. The van der Waals surface area contributed by atoms with Crippen molar-refractivity contribution in [1.29, 1.82) is 0 Å². The highest BCUT2D eigenvalue weighted by Gasteiger charge is 2.52. The van der Waals surface area contributed by atoms with Crippen LogP contribution in [0, 0.1) is 0 Å². The van der Waals surface area contributed by atoms with Crippen LogP contribution in [0.15, 0.2) is 211 Å². The molecular weight excluding hydrogens is 765 g/mol. The molecule has 15 rings (SSSR count). The normalized spacial score (nSPS) is 15.2. The predicted octanol–water partition coefficient (Wildman–Crippen LogP) is 16.5. The van der Waals surface area contributed by atoms with Crippen molar-refractivity contribution in [2.75, 3.05) is 0 Å². The van der Waals surface area contributed by atoms with Crippen molar-refractivity contribution >= 4 is 54.3 Å². The molecule has 290 valence electrons. The largest absolute Gasteiger partial charge is 0.456 e. The molecule has 2 heteroatoms. The van der Waals surface area contributed by atoms with Gasteiger partial charge in [-0.15, -0.1) is 0 Å². The molecule has 0 N–H and O–H groups in total. The Kier molecular flexibility index (Phi) is 6.38. The minimum atomic E-state index is -0.445. The zero-order valence-corrected chi connectivity index (χ0v) is 33.9. The highest BCUT2D eigenvalue weighted by Crippen LogP contribution is 2.65. The molecule has 3 aliphatic rings. The lowest BCUT2D eigenvalue weighted by atomic mass is 9.70. The van der Waals surface area contributed by atoms with E-state index in [-0.39, 0.29) is 0 Å². The smallest absolute Gasteiger partial charge is 0.136 e. The van der Waals surface area contributed by atoms with Gasteiger partial charge in [0.1, 0.15) is 22.7 Å². The van der Waals surface area contributed by atoms with Gasteiger partial charge in [-0.25, -0.2) is 0 Å². The van der Waals surface area contributed by atoms with Gasteiger partial charge >= 0.3 is 0 Å². The molecule has 1 unspecified atom stereocenters. The van der Waals surface area contributed by atoms with Gasteiger partial charge in [-0.2, -0.15) is 0 Å². The molecule has 0 bridgehead atoms. The summed E-state index contributed by atoms with van der Waals surface area (Å²) < 4.78 is 13.3. The molecule has 2 heterocycles. The topological polar surface area (TPSA) is 22.4 Å². The van der Waals surface area contributed by atoms with Crippen LogP contribution >= 0.6 is 0 Å². The third kappa shape index (κ3) is 4.23. The first kappa shape index (κ1) is 33.5. The van der Waals surface area contributed by atoms with Crippen LogP contribution in [0.5, 0.6) is 11.5 Å². The molecular formula is C61H34O2. The van der Waals surface area contributed by atoms with Gasteiger partial charge in [0.25, 0.3) is 0 Å². The highest BCUT2D eigenvalue weighted by molar-refractivity contribution is 6.17. The monoisotopic (exact) mass is 798 g/mol. The molecule has 1 aliphatic heterocycles. The molecule has 2 nitrogen and oxygen atoms in total. The summed E-state index contributed by atoms with van der Waals surface area (Å²) in [4.78, 5) is 0. The molecule has 11 aromatic carbocycles. The zero-order chi connectivity index (χ0) is 41.0. The molecule has 0 saturated heterocycles. The van der Waals surface area contributed by atoms with Gasteiger partial charge in [0.05, 0.1) is 5.41 Å². The predicted molar refractivity (Wildman–Crippen MR) is 259 cm³/mol. The van der Waals surface area contributed by atoms with Crippen molar-refractivity contribution in [2.45, 2.75) is 5.41 Å². The first-order chi connectivity index (χ1) is 31.2. The Labute approximate surface area is 362 Å². The summed E-state index contributed by atoms with van der Waals surface area (Å²) in [6, 6.07) is 76.0. The molecule has 1 spiro atoms. The molecule has 1 atom stereocenters. The molecule has 0 saturated carbocycles. The maximum Gasteiger partial charge on any atom is 0.136 e. The summed E-state index contributed by atoms with van der Waals surface area (Å²) in [7, 11) is 0. The van der Waals surface area contributed by atoms with Crippen molar-refractivity contribution in [3.63, 3.8) is 0 Å². The lowest BCUT2D eigenvalue weighted by Gasteiger charge is -2.30. The minimum absolute atomic E-state index is 0.445. The molecule has 2 aliphatic carbocycles. The number of furan rings is 1. The van der Waals surface area contributed by atoms with Crippen molar-refractivity contribution in [3.05, 3.63) is 229 Å². The Morgan fingerprint density at radius 1 is 0.302 bits per heavy atom. The Bertz CT molecular complexity index is 4020. The average Bonchev–Trinajstić information content (AvgIpc) is 3.97. The standard InChI is InChI=1S/C61H34O2/c1-2-14-37-34-56-48(32-36(37)13-1)59-40(18-11-25-54(59)63-56)38-27-30-53-47(33-38)44-20-9-19-43-41(28-31-55(62-53)60(43)44)42-21-10-24-51-58(42)46-17-6-8-23-50(46)61(51)49-22-7-5-16-45(49)57-39-15-4-3-12-35(39)26-29-52(57)61/h1-34H. The highest BCUT2D eigenvalue weighted by atomic mass is 16.5. The van der Waals surface area contributed by atoms with E-state index in [1.54, 1.807) is 0 Å². The number of benzene rings is 11. The maximum absolute atomic E-state index is 6.84. The van der Waals surface area contributed by atoms with Gasteiger partial charge < -0.3 is 9.15 Å². The summed E-state index contributed by atoms with van der Waals surface area (Å²) in [5.74, 6) is 1.75. The van der Waals surface area contributed by atoms with E-state index in [9.17, 15) is 0 Å². The fourth-order valence-electron chi connectivity index (χ4n) is 12.0. The average molecular weight is 799 g/mol. The summed E-state index contributed by atoms with van der Waals surface area (Å²) in [6.07, 6.45) is 0. The third-order valence-electron chi connectivity index (χ3n) is 14.5. The molecule has 1 aromatic heterocycles. The molecule has 12 aromatic rings. The van der Waals surface area contributed by atoms with E-state index in [1.807, 2.05) is 0 Å². The van der Waals surface area contributed by atoms with Crippen molar-refractivity contribution in [2.24, 2.45) is 0 Å². The zero-order valence-electron chi connectivity index (χ0n) is 33.9. The Morgan fingerprint density at radius 3 is 1.81 bits per heavy atom. The van der Waals surface area contributed by atoms with Crippen molar-refractivity contribution in [1.82, 2.24) is 0 Å². The van der Waals surface area contributed by atoms with E-state index in [0.29, 0.717) is 0 Å². The minimum Gasteiger partial charge on any atom is -0.456 e. The Balaban J connectivity index is 0.941. The SMILES string of the molecule is c1ccc2c(c1)-c1c(-c3ccc4c5c(cccc35)-c3cc(-c5cccc6oc7cc8ccccc8cc7c56)ccc3O4)cccc1C21c2ccccc2-c2c1ccc1ccccc21. The van der Waals surface area contributed by atoms with Crippen LogP contribution in [-0.4, -0.2) is 0 Å². The van der Waals surface area contributed by atoms with E-state index >= 15 is 0 Å². The van der Waals surface area contributed by atoms with Crippen LogP contribution in [-0.2, 0) is 5.41 Å². The number of ether oxygens (including phenoxy) is 1. The van der Waals surface area contributed by atoms with Gasteiger partial charge in [-0.1, -0.05) is 170 Å². The van der Waals surface area contributed by atoms with Crippen molar-refractivity contribution < 1.29 is 9.15 Å². The molecule has 0 amide bonds. The third-order valence-corrected chi connectivity index (χ3v) is 14.5. The second-order valence-corrected chi connectivity index (χ2v) is 17.4. The second-order valence-electron chi connectivity index (χ2n) is 17.4. The number of fused-ring (bicyclic) bond motifs is 18. The van der Waals surface area contributed by atoms with E-state index < -0.39 is 5.41 Å². The summed E-state index contributed by atoms with van der Waals surface area (Å²) in [5.41, 5.74) is 19.0. The van der Waals surface area contributed by atoms with Gasteiger partial charge in [-0.3, -0.25) is 0 Å². The Hall–Kier alpha value is -8.20. The lowest BCUT2D eigenvalue weighted by Crippen LogP contribution is -2.25. The fraction of sp³-hybridized carbons (Fsp3) is 0.0164. The van der Waals surface area contributed by atoms with E-state index in [4.69, 9.17) is 9.15 Å². The summed E-state index contributed by atoms with van der Waals surface area (Å²) in [5, 5.41) is 9.53. The van der Waals surface area contributed by atoms with Crippen LogP contribution in [0.1, 0.15) is 22.3 Å². The molecule has 63 heavy (non-hydrogen) atoms. The van der Waals surface area contributed by atoms with Gasteiger partial charge in [-0.05, 0) is 136 Å². The molecule has 0 fully saturated rings. The quantitative estimate of drug-likeness (QED) is 0.174. The van der Waals surface area contributed by atoms with Crippen LogP contribution < -0.4 is 4.74 Å². The van der Waals surface area contributed by atoms with E-state index in [2.05, 4.69) is 206 Å². The van der Waals surface area contributed by atoms with Gasteiger partial charge in [0.2, 0.25) is 0 Å². The van der Waals surface area contributed by atoms with Gasteiger partial charge in [0, 0.05) is 21.7 Å². The first-order valence-corrected chi connectivity index (χ1v) is 21.8. The number of rotatable bonds is 2. The van der Waals surface area contributed by atoms with Crippen LogP contribution in [0.4, 0.5) is 0 Å². The van der Waals surface area contributed by atoms with Crippen LogP contribution in [0.3, 0.4) is 0 Å². The number of hydrogen-bond acceptors (Lipinski definition) is 2. The fourth-order valence-corrected chi connectivity index (χ4v) is 12.0. The summed E-state index contributed by atoms with van der Waals surface area (Å²) in [6.45, 7) is 0. The first-order valence-electron chi connectivity index (χ1n) is 21.8.